The normalized spacial score (nSPS) is 28.3. The Kier molecular flexibility index (Phi) is 1.96. The highest BCUT2D eigenvalue weighted by molar-refractivity contribution is 5.87. The van der Waals surface area contributed by atoms with Gasteiger partial charge in [0.1, 0.15) is 19.1 Å². The molecule has 2 aromatic rings. The summed E-state index contributed by atoms with van der Waals surface area (Å²) in [4.78, 5) is 12.4. The highest BCUT2D eigenvalue weighted by Crippen LogP contribution is 2.26. The van der Waals surface area contributed by atoms with Crippen molar-refractivity contribution < 1.29 is 5.48 Å². The van der Waals surface area contributed by atoms with Crippen LogP contribution in [0.4, 0.5) is 5.82 Å². The molecule has 0 bridgehead atoms. The average Bonchev–Trinajstić information content (AvgIpc) is 2.87. The number of rotatable bonds is 2. The lowest BCUT2D eigenvalue weighted by atomic mass is 9.93. The van der Waals surface area contributed by atoms with Crippen molar-refractivity contribution in [2.45, 2.75) is 19.4 Å². The van der Waals surface area contributed by atoms with E-state index in [0.29, 0.717) is 23.4 Å². The van der Waals surface area contributed by atoms with Crippen molar-refractivity contribution in [3.05, 3.63) is 18.6 Å². The molecule has 1 fully saturated rings. The molecule has 2 N–H and O–H groups in total. The number of aromatic amines is 1. The molecule has 2 atom stereocenters. The SMILES string of the molecule is [2H]c1nc(N([C@H]2CNCC[C@H]2C)C([2H])([2H])[2H])c2cc[nH]c2n1. The van der Waals surface area contributed by atoms with Gasteiger partial charge in [-0.05, 0) is 24.9 Å². The zero-order chi connectivity index (χ0) is 15.9. The first-order valence-corrected chi connectivity index (χ1v) is 6.19. The zero-order valence-corrected chi connectivity index (χ0v) is 10.3. The molecular weight excluding hydrogens is 226 g/mol. The van der Waals surface area contributed by atoms with Crippen LogP contribution in [0, 0.1) is 5.92 Å². The molecule has 5 heteroatoms. The Hall–Kier alpha value is -1.62. The molecule has 2 aromatic heterocycles. The monoisotopic (exact) mass is 249 g/mol. The minimum absolute atomic E-state index is 0.185. The summed E-state index contributed by atoms with van der Waals surface area (Å²) in [6.07, 6.45) is 2.41. The lowest BCUT2D eigenvalue weighted by Gasteiger charge is -2.37. The van der Waals surface area contributed by atoms with E-state index in [9.17, 15) is 0 Å². The Bertz CT molecular complexity index is 668. The second-order valence-corrected chi connectivity index (χ2v) is 4.79. The van der Waals surface area contributed by atoms with Crippen LogP contribution < -0.4 is 10.2 Å². The van der Waals surface area contributed by atoms with E-state index in [1.807, 2.05) is 0 Å². The highest BCUT2D eigenvalue weighted by atomic mass is 15.2. The van der Waals surface area contributed by atoms with E-state index in [0.717, 1.165) is 13.0 Å². The van der Waals surface area contributed by atoms with E-state index in [1.165, 1.54) is 4.90 Å². The molecule has 0 amide bonds. The fraction of sp³-hybridized carbons (Fsp3) is 0.538. The summed E-state index contributed by atoms with van der Waals surface area (Å²) in [5.41, 5.74) is 0.487. The van der Waals surface area contributed by atoms with Gasteiger partial charge in [-0.2, -0.15) is 0 Å². The van der Waals surface area contributed by atoms with Gasteiger partial charge in [0.25, 0.3) is 0 Å². The van der Waals surface area contributed by atoms with Crippen LogP contribution in [0.1, 0.15) is 18.8 Å². The summed E-state index contributed by atoms with van der Waals surface area (Å²) in [7, 11) is 0. The fourth-order valence-electron chi connectivity index (χ4n) is 2.48. The summed E-state index contributed by atoms with van der Waals surface area (Å²) >= 11 is 0. The molecule has 1 saturated heterocycles. The molecule has 5 nitrogen and oxygen atoms in total. The Morgan fingerprint density at radius 2 is 2.50 bits per heavy atom. The maximum absolute atomic E-state index is 7.95. The third-order valence-electron chi connectivity index (χ3n) is 3.63. The van der Waals surface area contributed by atoms with Gasteiger partial charge < -0.3 is 15.2 Å². The van der Waals surface area contributed by atoms with Crippen LogP contribution in [0.15, 0.2) is 18.6 Å². The van der Waals surface area contributed by atoms with Gasteiger partial charge in [-0.1, -0.05) is 6.92 Å². The highest BCUT2D eigenvalue weighted by Gasteiger charge is 2.26. The number of piperidine rings is 1. The molecule has 3 heterocycles. The van der Waals surface area contributed by atoms with Gasteiger partial charge in [-0.25, -0.2) is 9.97 Å². The lowest BCUT2D eigenvalue weighted by molar-refractivity contribution is 0.338. The lowest BCUT2D eigenvalue weighted by Crippen LogP contribution is -2.49. The zero-order valence-electron chi connectivity index (χ0n) is 14.3. The van der Waals surface area contributed by atoms with Gasteiger partial charge in [-0.15, -0.1) is 0 Å². The smallest absolute Gasteiger partial charge is 0.142 e. The Morgan fingerprint density at radius 1 is 1.56 bits per heavy atom. The van der Waals surface area contributed by atoms with Crippen molar-refractivity contribution in [1.82, 2.24) is 20.3 Å². The summed E-state index contributed by atoms with van der Waals surface area (Å²) in [6.45, 7) is 1.20. The Morgan fingerprint density at radius 3 is 3.33 bits per heavy atom. The van der Waals surface area contributed by atoms with Crippen LogP contribution in [-0.2, 0) is 0 Å². The van der Waals surface area contributed by atoms with Crippen molar-refractivity contribution in [2.75, 3.05) is 25.0 Å². The van der Waals surface area contributed by atoms with Crippen LogP contribution in [0.3, 0.4) is 0 Å². The molecule has 96 valence electrons. The number of hydrogen-bond donors (Lipinski definition) is 2. The third-order valence-corrected chi connectivity index (χ3v) is 3.63. The molecule has 0 spiro atoms. The number of likely N-dealkylation sites (N-methyl/N-ethyl adjacent to an activating group) is 1. The van der Waals surface area contributed by atoms with Crippen molar-refractivity contribution in [3.63, 3.8) is 0 Å². The fourth-order valence-corrected chi connectivity index (χ4v) is 2.48. The van der Waals surface area contributed by atoms with Gasteiger partial charge in [0.15, 0.2) is 0 Å². The number of fused-ring (bicyclic) bond motifs is 1. The molecule has 0 aliphatic carbocycles. The van der Waals surface area contributed by atoms with E-state index >= 15 is 0 Å². The summed E-state index contributed by atoms with van der Waals surface area (Å²) < 4.78 is 31.6. The molecule has 0 radical (unpaired) electrons. The first-order valence-electron chi connectivity index (χ1n) is 8.19. The van der Waals surface area contributed by atoms with Gasteiger partial charge in [0.05, 0.1) is 5.39 Å². The van der Waals surface area contributed by atoms with Crippen molar-refractivity contribution in [3.8, 4) is 0 Å². The van der Waals surface area contributed by atoms with E-state index in [-0.39, 0.29) is 18.3 Å². The number of hydrogen-bond acceptors (Lipinski definition) is 4. The Balaban J connectivity index is 2.14. The minimum Gasteiger partial charge on any atom is -0.354 e. The van der Waals surface area contributed by atoms with E-state index in [1.54, 1.807) is 12.3 Å². The van der Waals surface area contributed by atoms with Crippen LogP contribution in [0.5, 0.6) is 0 Å². The predicted octanol–water partition coefficient (Wildman–Crippen LogP) is 1.39. The van der Waals surface area contributed by atoms with Crippen LogP contribution in [0.25, 0.3) is 11.0 Å². The second-order valence-electron chi connectivity index (χ2n) is 4.79. The first-order chi connectivity index (χ1) is 10.4. The van der Waals surface area contributed by atoms with Gasteiger partial charge in [0, 0.05) is 29.9 Å². The standard InChI is InChI=1S/C13H19N5/c1-9-3-5-14-7-11(9)18(2)13-10-4-6-15-12(10)16-8-17-13/h4,6,8-9,11,14H,3,5,7H2,1-2H3,(H,15,16,17)/t9-,11+/m1/s1/i2D3,8D. The quantitative estimate of drug-likeness (QED) is 0.844. The van der Waals surface area contributed by atoms with Crippen LogP contribution >= 0.6 is 0 Å². The molecule has 0 aromatic carbocycles. The number of nitrogens with one attached hydrogen (secondary N) is 2. The molecule has 0 saturated carbocycles. The van der Waals surface area contributed by atoms with Crippen LogP contribution in [0.2, 0.25) is 0 Å². The Labute approximate surface area is 112 Å². The average molecular weight is 249 g/mol. The van der Waals surface area contributed by atoms with Gasteiger partial charge in [0.2, 0.25) is 0 Å². The molecular formula is C13H19N5. The number of nitrogens with zero attached hydrogens (tertiary/aromatic N) is 3. The van der Waals surface area contributed by atoms with E-state index < -0.39 is 6.98 Å². The number of aromatic nitrogens is 3. The predicted molar refractivity (Wildman–Crippen MR) is 72.7 cm³/mol. The summed E-state index contributed by atoms with van der Waals surface area (Å²) in [5.74, 6) is 0.525. The molecule has 1 aliphatic rings. The molecule has 1 aliphatic heterocycles. The van der Waals surface area contributed by atoms with Crippen LogP contribution in [-0.4, -0.2) is 41.1 Å². The molecule has 3 rings (SSSR count). The number of anilines is 1. The first kappa shape index (κ1) is 7.74. The molecule has 0 unspecified atom stereocenters. The van der Waals surface area contributed by atoms with E-state index in [2.05, 4.69) is 27.2 Å². The summed E-state index contributed by atoms with van der Waals surface area (Å²) in [6, 6.07) is 1.55. The molecule has 18 heavy (non-hydrogen) atoms. The van der Waals surface area contributed by atoms with Crippen molar-refractivity contribution >= 4 is 16.9 Å². The van der Waals surface area contributed by atoms with Crippen molar-refractivity contribution in [2.24, 2.45) is 5.92 Å². The maximum Gasteiger partial charge on any atom is 0.142 e. The van der Waals surface area contributed by atoms with Gasteiger partial charge in [-0.3, -0.25) is 0 Å². The maximum atomic E-state index is 7.95. The number of H-pyrrole nitrogens is 1. The summed E-state index contributed by atoms with van der Waals surface area (Å²) in [5, 5.41) is 3.88. The van der Waals surface area contributed by atoms with Crippen molar-refractivity contribution in [1.29, 1.82) is 0 Å². The second kappa shape index (κ2) is 4.57. The minimum atomic E-state index is -2.33. The largest absolute Gasteiger partial charge is 0.354 e. The topological polar surface area (TPSA) is 56.8 Å². The van der Waals surface area contributed by atoms with E-state index in [4.69, 9.17) is 5.48 Å². The van der Waals surface area contributed by atoms with Gasteiger partial charge >= 0.3 is 0 Å². The third kappa shape index (κ3) is 1.84.